The van der Waals surface area contributed by atoms with Crippen molar-refractivity contribution in [3.05, 3.63) is 23.9 Å². The third-order valence-electron chi connectivity index (χ3n) is 11.1. The van der Waals surface area contributed by atoms with Crippen LogP contribution in [0.4, 0.5) is 4.79 Å². The number of amides is 2. The number of aliphatic hydroxyl groups is 1. The molecule has 3 atom stereocenters. The van der Waals surface area contributed by atoms with Gasteiger partial charge in [-0.2, -0.15) is 0 Å². The van der Waals surface area contributed by atoms with Gasteiger partial charge in [-0.15, -0.1) is 0 Å². The van der Waals surface area contributed by atoms with Gasteiger partial charge in [0, 0.05) is 30.9 Å². The molecular weight excluding hydrogens is 705 g/mol. The number of hydrogen-bond acceptors (Lipinski definition) is 9. The Bertz CT molecular complexity index is 1200. The molecule has 0 aromatic carbocycles. The van der Waals surface area contributed by atoms with Crippen LogP contribution in [0.15, 0.2) is 23.9 Å². The summed E-state index contributed by atoms with van der Waals surface area (Å²) in [6.07, 6.45) is 20.4. The van der Waals surface area contributed by atoms with E-state index < -0.39 is 32.9 Å². The van der Waals surface area contributed by atoms with Crippen molar-refractivity contribution in [2.24, 2.45) is 0 Å². The first kappa shape index (κ1) is 47.4. The van der Waals surface area contributed by atoms with E-state index in [9.17, 15) is 24.3 Å². The Kier molecular flexibility index (Phi) is 22.4. The Balaban J connectivity index is 1.67. The average molecular weight is 779 g/mol. The maximum atomic E-state index is 13.5. The number of nitrogens with zero attached hydrogens (tertiary/aromatic N) is 1. The normalized spacial score (nSPS) is 17.9. The van der Waals surface area contributed by atoms with E-state index in [-0.39, 0.29) is 35.8 Å². The van der Waals surface area contributed by atoms with Crippen LogP contribution in [0.1, 0.15) is 156 Å². The van der Waals surface area contributed by atoms with Crippen LogP contribution >= 0.6 is 0 Å². The summed E-state index contributed by atoms with van der Waals surface area (Å²) >= 11 is 0. The van der Waals surface area contributed by atoms with Crippen LogP contribution in [-0.2, 0) is 33.0 Å². The Labute approximate surface area is 327 Å². The predicted octanol–water partition coefficient (Wildman–Crippen LogP) is 9.04. The molecular formula is C42H74N2O9Si. The molecule has 0 saturated carbocycles. The molecule has 2 aliphatic heterocycles. The number of fused-ring (bicyclic) bond motifs is 1. The second-order valence-electron chi connectivity index (χ2n) is 16.7. The van der Waals surface area contributed by atoms with E-state index >= 15 is 0 Å². The minimum atomic E-state index is -1.93. The van der Waals surface area contributed by atoms with E-state index in [1.165, 1.54) is 51.4 Å². The third-order valence-corrected chi connectivity index (χ3v) is 15.8. The first-order valence-electron chi connectivity index (χ1n) is 20.9. The molecule has 0 spiro atoms. The van der Waals surface area contributed by atoms with Crippen LogP contribution in [0.5, 0.6) is 0 Å². The molecule has 1 fully saturated rings. The van der Waals surface area contributed by atoms with Gasteiger partial charge in [0.15, 0.2) is 14.9 Å². The van der Waals surface area contributed by atoms with Crippen molar-refractivity contribution >= 4 is 32.3 Å². The maximum Gasteiger partial charge on any atom is 0.344 e. The fraction of sp³-hybridized carbons (Fsp3) is 0.810. The van der Waals surface area contributed by atoms with E-state index in [2.05, 4.69) is 52.7 Å². The lowest BCUT2D eigenvalue weighted by Gasteiger charge is -2.38. The van der Waals surface area contributed by atoms with Crippen LogP contribution < -0.4 is 5.32 Å². The second-order valence-corrected chi connectivity index (χ2v) is 21.4. The maximum absolute atomic E-state index is 13.5. The third kappa shape index (κ3) is 17.4. The van der Waals surface area contributed by atoms with Gasteiger partial charge in [0.05, 0.1) is 18.2 Å². The molecule has 0 bridgehead atoms. The Morgan fingerprint density at radius 1 is 0.889 bits per heavy atom. The molecule has 2 N–H and O–H groups in total. The number of aliphatic hydroxyl groups excluding tert-OH is 1. The van der Waals surface area contributed by atoms with Crippen LogP contribution in [-0.4, -0.2) is 86.9 Å². The van der Waals surface area contributed by atoms with Gasteiger partial charge in [-0.1, -0.05) is 104 Å². The number of carbonyl (C=O) groups excluding carboxylic acids is 4. The van der Waals surface area contributed by atoms with Crippen molar-refractivity contribution in [3.63, 3.8) is 0 Å². The molecule has 0 radical (unpaired) electrons. The molecule has 310 valence electrons. The lowest BCUT2D eigenvalue weighted by molar-refractivity contribution is -0.157. The minimum Gasteiger partial charge on any atom is -0.463 e. The van der Waals surface area contributed by atoms with Crippen LogP contribution in [0.3, 0.4) is 0 Å². The molecule has 2 aliphatic rings. The van der Waals surface area contributed by atoms with Crippen LogP contribution in [0, 0.1) is 0 Å². The van der Waals surface area contributed by atoms with E-state index in [1.54, 1.807) is 11.0 Å². The SMILES string of the molecule is C=CCOC(=O)CCCCCCCCCCCCCCCOC(=O)COC(=O)C1=C(CCC[C@@H](C)O[Si](C)(C)C(C)(C)C)NC(=O)N2[C@H](CCO)CC[C@H]12. The number of esters is 3. The minimum absolute atomic E-state index is 0.0442. The van der Waals surface area contributed by atoms with Crippen molar-refractivity contribution in [1.82, 2.24) is 10.2 Å². The lowest BCUT2D eigenvalue weighted by Crippen LogP contribution is -2.53. The van der Waals surface area contributed by atoms with Gasteiger partial charge < -0.3 is 34.0 Å². The molecule has 1 saturated heterocycles. The summed E-state index contributed by atoms with van der Waals surface area (Å²) in [4.78, 5) is 52.4. The van der Waals surface area contributed by atoms with Crippen molar-refractivity contribution in [3.8, 4) is 0 Å². The fourth-order valence-electron chi connectivity index (χ4n) is 7.10. The van der Waals surface area contributed by atoms with Crippen molar-refractivity contribution < 1.29 is 42.9 Å². The fourth-order valence-corrected chi connectivity index (χ4v) is 8.58. The predicted molar refractivity (Wildman–Crippen MR) is 215 cm³/mol. The van der Waals surface area contributed by atoms with E-state index in [0.717, 1.165) is 44.9 Å². The molecule has 2 heterocycles. The van der Waals surface area contributed by atoms with Gasteiger partial charge >= 0.3 is 23.9 Å². The van der Waals surface area contributed by atoms with E-state index in [4.69, 9.17) is 18.6 Å². The molecule has 0 aromatic heterocycles. The number of hydrogen-bond donors (Lipinski definition) is 2. The van der Waals surface area contributed by atoms with Gasteiger partial charge in [-0.05, 0) is 76.4 Å². The zero-order valence-corrected chi connectivity index (χ0v) is 35.6. The zero-order valence-electron chi connectivity index (χ0n) is 34.6. The Hall–Kier alpha value is -2.70. The molecule has 11 nitrogen and oxygen atoms in total. The number of unbranched alkanes of at least 4 members (excludes halogenated alkanes) is 12. The number of allylic oxidation sites excluding steroid dienone is 1. The quantitative estimate of drug-likeness (QED) is 0.0250. The van der Waals surface area contributed by atoms with Gasteiger partial charge in [-0.25, -0.2) is 14.4 Å². The largest absolute Gasteiger partial charge is 0.463 e. The highest BCUT2D eigenvalue weighted by Crippen LogP contribution is 2.39. The molecule has 2 rings (SSSR count). The summed E-state index contributed by atoms with van der Waals surface area (Å²) in [7, 11) is -1.93. The Morgan fingerprint density at radius 2 is 1.48 bits per heavy atom. The highest BCUT2D eigenvalue weighted by Gasteiger charge is 2.45. The van der Waals surface area contributed by atoms with Crippen LogP contribution in [0.25, 0.3) is 0 Å². The number of rotatable bonds is 29. The summed E-state index contributed by atoms with van der Waals surface area (Å²) in [5, 5.41) is 12.6. The second kappa shape index (κ2) is 25.5. The first-order chi connectivity index (χ1) is 25.7. The van der Waals surface area contributed by atoms with Crippen LogP contribution in [0.2, 0.25) is 18.1 Å². The van der Waals surface area contributed by atoms with Crippen molar-refractivity contribution in [2.75, 3.05) is 26.4 Å². The van der Waals surface area contributed by atoms with Gasteiger partial charge in [0.25, 0.3) is 0 Å². The molecule has 12 heteroatoms. The summed E-state index contributed by atoms with van der Waals surface area (Å²) in [6, 6.07) is -0.863. The van der Waals surface area contributed by atoms with Gasteiger partial charge in [0.2, 0.25) is 0 Å². The topological polar surface area (TPSA) is 141 Å². The zero-order chi connectivity index (χ0) is 40.0. The van der Waals surface area contributed by atoms with Gasteiger partial charge in [0.1, 0.15) is 6.61 Å². The average Bonchev–Trinajstić information content (AvgIpc) is 3.52. The summed E-state index contributed by atoms with van der Waals surface area (Å²) in [6.45, 7) is 16.8. The van der Waals surface area contributed by atoms with Gasteiger partial charge in [-0.3, -0.25) is 4.79 Å². The number of ether oxygens (including phenoxy) is 3. The molecule has 0 aromatic rings. The summed E-state index contributed by atoms with van der Waals surface area (Å²) in [5.41, 5.74) is 0.952. The standard InChI is InChI=1S/C42H74N2O9Si/c1-8-30-50-37(46)25-20-18-16-14-12-10-9-11-13-15-17-19-21-31-51-38(47)32-52-40(48)39-35(24-22-23-33(2)53-54(6,7)42(3,4)5)43-41(49)44-34(28-29-45)26-27-36(39)44/h8,33-34,36,45H,1,9-32H2,2-7H3,(H,43,49)/t33-,34+,36-/m1/s1. The molecule has 0 unspecified atom stereocenters. The first-order valence-corrected chi connectivity index (χ1v) is 23.8. The number of nitrogens with one attached hydrogen (secondary N) is 1. The Morgan fingerprint density at radius 3 is 2.06 bits per heavy atom. The van der Waals surface area contributed by atoms with Crippen molar-refractivity contribution in [2.45, 2.75) is 192 Å². The molecule has 54 heavy (non-hydrogen) atoms. The monoisotopic (exact) mass is 779 g/mol. The van der Waals surface area contributed by atoms with E-state index in [0.29, 0.717) is 56.6 Å². The summed E-state index contributed by atoms with van der Waals surface area (Å²) in [5.74, 6) is -1.31. The van der Waals surface area contributed by atoms with E-state index in [1.807, 2.05) is 0 Å². The number of urea groups is 1. The molecule has 0 aliphatic carbocycles. The van der Waals surface area contributed by atoms with Crippen molar-refractivity contribution in [1.29, 1.82) is 0 Å². The smallest absolute Gasteiger partial charge is 0.344 e. The lowest BCUT2D eigenvalue weighted by atomic mass is 9.97. The summed E-state index contributed by atoms with van der Waals surface area (Å²) < 4.78 is 22.4. The highest BCUT2D eigenvalue weighted by molar-refractivity contribution is 6.74. The number of carbonyl (C=O) groups is 4. The highest BCUT2D eigenvalue weighted by atomic mass is 28.4. The molecule has 2 amide bonds.